The summed E-state index contributed by atoms with van der Waals surface area (Å²) in [5.41, 5.74) is 9.20. The van der Waals surface area contributed by atoms with Crippen molar-refractivity contribution in [3.8, 4) is 5.82 Å². The quantitative estimate of drug-likeness (QED) is 0.551. The second-order valence-corrected chi connectivity index (χ2v) is 4.74. The molecule has 0 spiro atoms. The Hall–Kier alpha value is -2.69. The van der Waals surface area contributed by atoms with Gasteiger partial charge in [0.25, 0.3) is 0 Å². The maximum Gasteiger partial charge on any atom is 0.139 e. The predicted molar refractivity (Wildman–Crippen MR) is 79.4 cm³/mol. The highest BCUT2D eigenvalue weighted by atomic mass is 15.1. The van der Waals surface area contributed by atoms with Crippen LogP contribution in [0.5, 0.6) is 0 Å². The van der Waals surface area contributed by atoms with Gasteiger partial charge in [-0.2, -0.15) is 0 Å². The highest BCUT2D eigenvalue weighted by molar-refractivity contribution is 6.07. The summed E-state index contributed by atoms with van der Waals surface area (Å²) in [6.07, 6.45) is 1.74. The van der Waals surface area contributed by atoms with Crippen LogP contribution in [0.15, 0.2) is 36.7 Å². The molecule has 0 saturated carbocycles. The molecule has 0 atom stereocenters. The molecule has 0 bridgehead atoms. The Labute approximate surface area is 116 Å². The number of rotatable bonds is 2. The molecule has 100 valence electrons. The van der Waals surface area contributed by atoms with Gasteiger partial charge in [0.05, 0.1) is 11.2 Å². The van der Waals surface area contributed by atoms with Gasteiger partial charge >= 0.3 is 0 Å². The Morgan fingerprint density at radius 1 is 1.25 bits per heavy atom. The van der Waals surface area contributed by atoms with Gasteiger partial charge in [-0.15, -0.1) is 0 Å². The van der Waals surface area contributed by atoms with Gasteiger partial charge in [0.1, 0.15) is 18.0 Å². The fourth-order valence-corrected chi connectivity index (χ4v) is 2.24. The first-order valence-electron chi connectivity index (χ1n) is 6.33. The number of hydrogen-bond donors (Lipinski definition) is 2. The normalized spacial score (nSPS) is 10.9. The van der Waals surface area contributed by atoms with E-state index in [0.29, 0.717) is 5.56 Å². The van der Waals surface area contributed by atoms with E-state index in [2.05, 4.69) is 9.97 Å². The number of nitrogens with two attached hydrogens (primary N) is 1. The van der Waals surface area contributed by atoms with Gasteiger partial charge in [0.2, 0.25) is 0 Å². The maximum atomic E-state index is 7.76. The molecule has 0 amide bonds. The van der Waals surface area contributed by atoms with Crippen LogP contribution in [0.1, 0.15) is 17.0 Å². The number of benzene rings is 1. The number of nitrogen functional groups attached to an aromatic ring is 1. The molecule has 2 aromatic heterocycles. The summed E-state index contributed by atoms with van der Waals surface area (Å²) in [5, 5.41) is 8.65. The van der Waals surface area contributed by atoms with E-state index >= 15 is 0 Å². The maximum absolute atomic E-state index is 7.76. The van der Waals surface area contributed by atoms with Crippen LogP contribution in [0.25, 0.3) is 16.7 Å². The number of hydrogen-bond acceptors (Lipinski definition) is 3. The molecular formula is C15H15N5. The molecule has 3 aromatic rings. The van der Waals surface area contributed by atoms with Gasteiger partial charge in [0, 0.05) is 16.6 Å². The Morgan fingerprint density at radius 2 is 2.00 bits per heavy atom. The molecule has 5 heteroatoms. The van der Waals surface area contributed by atoms with Crippen LogP contribution >= 0.6 is 0 Å². The van der Waals surface area contributed by atoms with Gasteiger partial charge in [-0.05, 0) is 26.0 Å². The first-order chi connectivity index (χ1) is 9.58. The standard InChI is InChI=1S/C15H15N5/c1-9-10(2)20(8-18-9)14-7-12(15(16)17)11-5-3-4-6-13(11)19-14/h3-8H,1-2H3,(H3,16,17). The number of pyridine rings is 1. The average Bonchev–Trinajstić information content (AvgIpc) is 2.77. The number of fused-ring (bicyclic) bond motifs is 1. The van der Waals surface area contributed by atoms with E-state index in [-0.39, 0.29) is 5.84 Å². The molecule has 1 aromatic carbocycles. The predicted octanol–water partition coefficient (Wildman–Crippen LogP) is 2.32. The number of imidazole rings is 1. The third-order valence-electron chi connectivity index (χ3n) is 3.49. The molecule has 0 radical (unpaired) electrons. The van der Waals surface area contributed by atoms with Crippen LogP contribution in [0.2, 0.25) is 0 Å². The van der Waals surface area contributed by atoms with Gasteiger partial charge < -0.3 is 5.73 Å². The fourth-order valence-electron chi connectivity index (χ4n) is 2.24. The molecule has 5 nitrogen and oxygen atoms in total. The number of para-hydroxylation sites is 1. The van der Waals surface area contributed by atoms with Crippen LogP contribution in [0, 0.1) is 19.3 Å². The molecule has 0 saturated heterocycles. The van der Waals surface area contributed by atoms with Gasteiger partial charge in [-0.25, -0.2) is 9.97 Å². The van der Waals surface area contributed by atoms with E-state index in [9.17, 15) is 0 Å². The summed E-state index contributed by atoms with van der Waals surface area (Å²) in [7, 11) is 0. The van der Waals surface area contributed by atoms with Gasteiger partial charge in [-0.3, -0.25) is 9.98 Å². The average molecular weight is 265 g/mol. The molecule has 2 heterocycles. The van der Waals surface area contributed by atoms with Crippen molar-refractivity contribution >= 4 is 16.7 Å². The van der Waals surface area contributed by atoms with Crippen molar-refractivity contribution in [2.45, 2.75) is 13.8 Å². The number of aryl methyl sites for hydroxylation is 1. The summed E-state index contributed by atoms with van der Waals surface area (Å²) in [4.78, 5) is 8.92. The second-order valence-electron chi connectivity index (χ2n) is 4.74. The zero-order chi connectivity index (χ0) is 14.3. The third-order valence-corrected chi connectivity index (χ3v) is 3.49. The number of amidine groups is 1. The highest BCUT2D eigenvalue weighted by Crippen LogP contribution is 2.21. The second kappa shape index (κ2) is 4.45. The van der Waals surface area contributed by atoms with Crippen LogP contribution < -0.4 is 5.73 Å². The Balaban J connectivity index is 2.33. The molecular weight excluding hydrogens is 250 g/mol. The van der Waals surface area contributed by atoms with E-state index in [1.165, 1.54) is 0 Å². The Bertz CT molecular complexity index is 816. The van der Waals surface area contributed by atoms with Crippen LogP contribution in [-0.4, -0.2) is 20.4 Å². The van der Waals surface area contributed by atoms with Crippen LogP contribution in [0.3, 0.4) is 0 Å². The van der Waals surface area contributed by atoms with Crippen molar-refractivity contribution in [2.24, 2.45) is 5.73 Å². The van der Waals surface area contributed by atoms with E-state index in [1.807, 2.05) is 48.7 Å². The largest absolute Gasteiger partial charge is 0.384 e. The van der Waals surface area contributed by atoms with Gasteiger partial charge in [0.15, 0.2) is 0 Å². The zero-order valence-corrected chi connectivity index (χ0v) is 11.4. The summed E-state index contributed by atoms with van der Waals surface area (Å²) < 4.78 is 1.91. The minimum Gasteiger partial charge on any atom is -0.384 e. The van der Waals surface area contributed by atoms with E-state index in [1.54, 1.807) is 6.33 Å². The molecule has 20 heavy (non-hydrogen) atoms. The molecule has 0 fully saturated rings. The first-order valence-corrected chi connectivity index (χ1v) is 6.33. The third kappa shape index (κ3) is 1.84. The lowest BCUT2D eigenvalue weighted by Crippen LogP contribution is -2.13. The van der Waals surface area contributed by atoms with Crippen LogP contribution in [0.4, 0.5) is 0 Å². The van der Waals surface area contributed by atoms with Crippen molar-refractivity contribution in [3.63, 3.8) is 0 Å². The van der Waals surface area contributed by atoms with Crippen molar-refractivity contribution in [1.29, 1.82) is 5.41 Å². The topological polar surface area (TPSA) is 80.6 Å². The fraction of sp³-hybridized carbons (Fsp3) is 0.133. The van der Waals surface area contributed by atoms with Crippen molar-refractivity contribution in [1.82, 2.24) is 14.5 Å². The minimum atomic E-state index is 0.0411. The monoisotopic (exact) mass is 265 g/mol. The van der Waals surface area contributed by atoms with Crippen molar-refractivity contribution in [3.05, 3.63) is 53.6 Å². The number of nitrogens with one attached hydrogen (secondary N) is 1. The number of aromatic nitrogens is 3. The zero-order valence-electron chi connectivity index (χ0n) is 11.4. The lowest BCUT2D eigenvalue weighted by atomic mass is 10.1. The molecule has 3 N–H and O–H groups in total. The SMILES string of the molecule is Cc1ncn(-c2cc(C(=N)N)c3ccccc3n2)c1C. The minimum absolute atomic E-state index is 0.0411. The highest BCUT2D eigenvalue weighted by Gasteiger charge is 2.11. The van der Waals surface area contributed by atoms with E-state index in [0.717, 1.165) is 28.1 Å². The van der Waals surface area contributed by atoms with Crippen LogP contribution in [-0.2, 0) is 0 Å². The summed E-state index contributed by atoms with van der Waals surface area (Å²) in [6.45, 7) is 3.95. The van der Waals surface area contributed by atoms with E-state index in [4.69, 9.17) is 11.1 Å². The van der Waals surface area contributed by atoms with Gasteiger partial charge in [-0.1, -0.05) is 18.2 Å². The Kier molecular flexibility index (Phi) is 2.75. The number of nitrogens with zero attached hydrogens (tertiary/aromatic N) is 3. The first kappa shape index (κ1) is 12.3. The van der Waals surface area contributed by atoms with Crippen molar-refractivity contribution < 1.29 is 0 Å². The molecule has 3 rings (SSSR count). The van der Waals surface area contributed by atoms with Crippen molar-refractivity contribution in [2.75, 3.05) is 0 Å². The Morgan fingerprint density at radius 3 is 2.65 bits per heavy atom. The molecule has 0 aliphatic carbocycles. The molecule has 0 aliphatic rings. The smallest absolute Gasteiger partial charge is 0.139 e. The lowest BCUT2D eigenvalue weighted by Gasteiger charge is -2.10. The molecule has 0 unspecified atom stereocenters. The lowest BCUT2D eigenvalue weighted by molar-refractivity contribution is 0.959. The van der Waals surface area contributed by atoms with E-state index < -0.39 is 0 Å². The summed E-state index contributed by atoms with van der Waals surface area (Å²) >= 11 is 0. The molecule has 0 aliphatic heterocycles. The summed E-state index contributed by atoms with van der Waals surface area (Å²) in [5.74, 6) is 0.770. The summed E-state index contributed by atoms with van der Waals surface area (Å²) in [6, 6.07) is 9.52.